The number of carbonyl (C=O) groups is 1. The first-order valence-electron chi connectivity index (χ1n) is 6.27. The molecule has 0 aromatic heterocycles. The average Bonchev–Trinajstić information content (AvgIpc) is 2.27. The second-order valence-corrected chi connectivity index (χ2v) is 4.16. The minimum absolute atomic E-state index is 0.0801. The predicted molar refractivity (Wildman–Crippen MR) is 67.8 cm³/mol. The molecule has 0 radical (unpaired) electrons. The van der Waals surface area contributed by atoms with Gasteiger partial charge in [0.25, 0.3) is 0 Å². The van der Waals surface area contributed by atoms with Crippen molar-refractivity contribution in [3.8, 4) is 0 Å². The van der Waals surface area contributed by atoms with Crippen LogP contribution in [-0.4, -0.2) is 18.7 Å². The summed E-state index contributed by atoms with van der Waals surface area (Å²) in [7, 11) is 0. The third kappa shape index (κ3) is 11.6. The SMILES string of the molecule is CCCCCCCCCCNC(=O)OCCl. The van der Waals surface area contributed by atoms with Gasteiger partial charge < -0.3 is 10.1 Å². The maximum absolute atomic E-state index is 10.8. The molecule has 0 atom stereocenters. The quantitative estimate of drug-likeness (QED) is 0.469. The molecule has 0 aliphatic rings. The Morgan fingerprint density at radius 2 is 1.62 bits per heavy atom. The molecule has 0 saturated heterocycles. The van der Waals surface area contributed by atoms with Gasteiger partial charge in [-0.2, -0.15) is 0 Å². The topological polar surface area (TPSA) is 38.3 Å². The van der Waals surface area contributed by atoms with Gasteiger partial charge in [-0.05, 0) is 6.42 Å². The Balaban J connectivity index is 3.01. The normalized spacial score (nSPS) is 10.1. The van der Waals surface area contributed by atoms with E-state index >= 15 is 0 Å². The highest BCUT2D eigenvalue weighted by molar-refractivity contribution is 6.17. The Morgan fingerprint density at radius 3 is 2.19 bits per heavy atom. The zero-order valence-corrected chi connectivity index (χ0v) is 11.0. The van der Waals surface area contributed by atoms with Crippen molar-refractivity contribution < 1.29 is 9.53 Å². The zero-order valence-electron chi connectivity index (χ0n) is 10.3. The number of alkyl carbamates (subject to hydrolysis) is 1. The molecule has 0 fully saturated rings. The molecule has 0 aliphatic carbocycles. The lowest BCUT2D eigenvalue weighted by Gasteiger charge is -2.04. The number of hydrogen-bond acceptors (Lipinski definition) is 2. The van der Waals surface area contributed by atoms with Crippen molar-refractivity contribution in [1.82, 2.24) is 5.32 Å². The molecule has 0 bridgehead atoms. The van der Waals surface area contributed by atoms with Crippen molar-refractivity contribution in [1.29, 1.82) is 0 Å². The van der Waals surface area contributed by atoms with Gasteiger partial charge in [-0.15, -0.1) is 0 Å². The second kappa shape index (κ2) is 12.6. The molecule has 0 unspecified atom stereocenters. The van der Waals surface area contributed by atoms with Crippen molar-refractivity contribution >= 4 is 17.7 Å². The smallest absolute Gasteiger partial charge is 0.408 e. The molecule has 4 heteroatoms. The maximum Gasteiger partial charge on any atom is 0.408 e. The van der Waals surface area contributed by atoms with E-state index in [-0.39, 0.29) is 6.07 Å². The van der Waals surface area contributed by atoms with Crippen molar-refractivity contribution in [3.05, 3.63) is 0 Å². The fourth-order valence-corrected chi connectivity index (χ4v) is 1.65. The Bertz CT molecular complexity index is 165. The van der Waals surface area contributed by atoms with Crippen LogP contribution in [-0.2, 0) is 4.74 Å². The number of carbonyl (C=O) groups excluding carboxylic acids is 1. The van der Waals surface area contributed by atoms with Crippen molar-refractivity contribution in [2.45, 2.75) is 58.3 Å². The number of unbranched alkanes of at least 4 members (excludes halogenated alkanes) is 7. The molecule has 16 heavy (non-hydrogen) atoms. The molecule has 0 heterocycles. The van der Waals surface area contributed by atoms with Crippen LogP contribution < -0.4 is 5.32 Å². The highest BCUT2D eigenvalue weighted by Gasteiger charge is 1.98. The molecule has 1 N–H and O–H groups in total. The van der Waals surface area contributed by atoms with Crippen LogP contribution >= 0.6 is 11.6 Å². The third-order valence-corrected chi connectivity index (χ3v) is 2.59. The van der Waals surface area contributed by atoms with Crippen molar-refractivity contribution in [2.75, 3.05) is 12.6 Å². The molecule has 1 amide bonds. The van der Waals surface area contributed by atoms with Gasteiger partial charge in [0, 0.05) is 6.54 Å². The van der Waals surface area contributed by atoms with E-state index in [1.807, 2.05) is 0 Å². The lowest BCUT2D eigenvalue weighted by atomic mass is 10.1. The van der Waals surface area contributed by atoms with Crippen LogP contribution in [0.4, 0.5) is 4.79 Å². The van der Waals surface area contributed by atoms with Gasteiger partial charge in [0.1, 0.15) is 0 Å². The van der Waals surface area contributed by atoms with Gasteiger partial charge in [0.15, 0.2) is 6.07 Å². The molecule has 0 aromatic carbocycles. The Hall–Kier alpha value is -0.440. The first kappa shape index (κ1) is 15.6. The summed E-state index contributed by atoms with van der Waals surface area (Å²) in [4.78, 5) is 10.8. The third-order valence-electron chi connectivity index (χ3n) is 2.49. The van der Waals surface area contributed by atoms with E-state index in [2.05, 4.69) is 17.0 Å². The van der Waals surface area contributed by atoms with E-state index in [0.29, 0.717) is 6.54 Å². The van der Waals surface area contributed by atoms with Crippen LogP contribution in [0.1, 0.15) is 58.3 Å². The summed E-state index contributed by atoms with van der Waals surface area (Å²) >= 11 is 5.24. The highest BCUT2D eigenvalue weighted by Crippen LogP contribution is 2.07. The number of nitrogens with one attached hydrogen (secondary N) is 1. The van der Waals surface area contributed by atoms with Crippen LogP contribution in [0.5, 0.6) is 0 Å². The van der Waals surface area contributed by atoms with E-state index in [1.165, 1.54) is 44.9 Å². The monoisotopic (exact) mass is 249 g/mol. The van der Waals surface area contributed by atoms with Gasteiger partial charge in [-0.25, -0.2) is 4.79 Å². The van der Waals surface area contributed by atoms with Crippen molar-refractivity contribution in [3.63, 3.8) is 0 Å². The van der Waals surface area contributed by atoms with Crippen LogP contribution in [0.3, 0.4) is 0 Å². The minimum Gasteiger partial charge on any atom is -0.433 e. The predicted octanol–water partition coefficient (Wildman–Crippen LogP) is 4.05. The molecule has 0 rings (SSSR count). The van der Waals surface area contributed by atoms with Gasteiger partial charge in [0.05, 0.1) is 0 Å². The summed E-state index contributed by atoms with van der Waals surface area (Å²) in [5.41, 5.74) is 0. The molecule has 0 saturated carbocycles. The molecule has 0 aliphatic heterocycles. The Labute approximate surface area is 104 Å². The number of rotatable bonds is 10. The summed E-state index contributed by atoms with van der Waals surface area (Å²) in [6.07, 6.45) is 9.70. The first-order valence-corrected chi connectivity index (χ1v) is 6.81. The van der Waals surface area contributed by atoms with Crippen molar-refractivity contribution in [2.24, 2.45) is 0 Å². The maximum atomic E-state index is 10.8. The Morgan fingerprint density at radius 1 is 1.06 bits per heavy atom. The second-order valence-electron chi connectivity index (χ2n) is 3.94. The van der Waals surface area contributed by atoms with Crippen LogP contribution in [0.25, 0.3) is 0 Å². The van der Waals surface area contributed by atoms with E-state index in [4.69, 9.17) is 11.6 Å². The fourth-order valence-electron chi connectivity index (χ4n) is 1.55. The van der Waals surface area contributed by atoms with E-state index in [1.54, 1.807) is 0 Å². The standard InChI is InChI=1S/C12H24ClNO2/c1-2-3-4-5-6-7-8-9-10-14-12(15)16-11-13/h2-11H2,1H3,(H,14,15). The number of alkyl halides is 1. The first-order chi connectivity index (χ1) is 7.81. The number of halogens is 1. The lowest BCUT2D eigenvalue weighted by molar-refractivity contribution is 0.164. The van der Waals surface area contributed by atoms with Gasteiger partial charge in [-0.1, -0.05) is 63.5 Å². The van der Waals surface area contributed by atoms with E-state index in [9.17, 15) is 4.79 Å². The minimum atomic E-state index is -0.419. The molecular weight excluding hydrogens is 226 g/mol. The highest BCUT2D eigenvalue weighted by atomic mass is 35.5. The molecule has 0 aromatic rings. The number of amides is 1. The van der Waals surface area contributed by atoms with Gasteiger partial charge in [-0.3, -0.25) is 0 Å². The number of hydrogen-bond donors (Lipinski definition) is 1. The largest absolute Gasteiger partial charge is 0.433 e. The summed E-state index contributed by atoms with van der Waals surface area (Å²) in [6, 6.07) is -0.0801. The molecule has 0 spiro atoms. The lowest BCUT2D eigenvalue weighted by Crippen LogP contribution is -2.24. The number of ether oxygens (including phenoxy) is 1. The average molecular weight is 250 g/mol. The Kier molecular flexibility index (Phi) is 12.3. The van der Waals surface area contributed by atoms with E-state index < -0.39 is 6.09 Å². The summed E-state index contributed by atoms with van der Waals surface area (Å²) in [6.45, 7) is 2.91. The molecule has 3 nitrogen and oxygen atoms in total. The summed E-state index contributed by atoms with van der Waals surface area (Å²) in [5.74, 6) is 0. The zero-order chi connectivity index (χ0) is 12.1. The molecule has 96 valence electrons. The van der Waals surface area contributed by atoms with Crippen LogP contribution in [0, 0.1) is 0 Å². The summed E-state index contributed by atoms with van der Waals surface area (Å²) in [5, 5.41) is 2.65. The van der Waals surface area contributed by atoms with E-state index in [0.717, 1.165) is 6.42 Å². The van der Waals surface area contributed by atoms with Gasteiger partial charge in [0.2, 0.25) is 0 Å². The van der Waals surface area contributed by atoms with Gasteiger partial charge >= 0.3 is 6.09 Å². The fraction of sp³-hybridized carbons (Fsp3) is 0.917. The van der Waals surface area contributed by atoms with Crippen LogP contribution in [0.2, 0.25) is 0 Å². The summed E-state index contributed by atoms with van der Waals surface area (Å²) < 4.78 is 4.53. The molecular formula is C12H24ClNO2. The van der Waals surface area contributed by atoms with Crippen LogP contribution in [0.15, 0.2) is 0 Å².